The van der Waals surface area contributed by atoms with Crippen molar-refractivity contribution in [2.45, 2.75) is 66.5 Å². The number of halogens is 1. The third-order valence-electron chi connectivity index (χ3n) is 3.25. The van der Waals surface area contributed by atoms with Gasteiger partial charge in [0.2, 0.25) is 5.91 Å². The van der Waals surface area contributed by atoms with Crippen LogP contribution < -0.4 is 16.0 Å². The summed E-state index contributed by atoms with van der Waals surface area (Å²) in [5, 5.41) is 9.27. The van der Waals surface area contributed by atoms with Crippen molar-refractivity contribution in [3.63, 3.8) is 0 Å². The van der Waals surface area contributed by atoms with E-state index in [4.69, 9.17) is 4.74 Å². The van der Waals surface area contributed by atoms with Crippen molar-refractivity contribution in [3.8, 4) is 0 Å². The van der Waals surface area contributed by atoms with E-state index in [-0.39, 0.29) is 42.0 Å². The molecule has 0 aliphatic heterocycles. The summed E-state index contributed by atoms with van der Waals surface area (Å²) in [7, 11) is 0. The Hall–Kier alpha value is -0.570. The first-order chi connectivity index (χ1) is 10.9. The second kappa shape index (κ2) is 15.9. The quantitative estimate of drug-likeness (QED) is 0.254. The molecule has 0 aromatic carbocycles. The minimum atomic E-state index is 0. The van der Waals surface area contributed by atoms with Crippen molar-refractivity contribution in [2.24, 2.45) is 10.9 Å². The third-order valence-corrected chi connectivity index (χ3v) is 3.25. The van der Waals surface area contributed by atoms with Crippen molar-refractivity contribution in [2.75, 3.05) is 26.2 Å². The smallest absolute Gasteiger partial charge is 0.221 e. The van der Waals surface area contributed by atoms with Crippen LogP contribution in [0, 0.1) is 5.92 Å². The maximum atomic E-state index is 11.6. The predicted octanol–water partition coefficient (Wildman–Crippen LogP) is 2.53. The summed E-state index contributed by atoms with van der Waals surface area (Å²) in [6.45, 7) is 15.1. The maximum absolute atomic E-state index is 11.6. The predicted molar refractivity (Wildman–Crippen MR) is 112 cm³/mol. The van der Waals surface area contributed by atoms with Crippen LogP contribution in [0.3, 0.4) is 0 Å². The van der Waals surface area contributed by atoms with E-state index in [0.29, 0.717) is 25.4 Å². The molecule has 0 rings (SSSR count). The average molecular weight is 456 g/mol. The minimum Gasteiger partial charge on any atom is -0.378 e. The van der Waals surface area contributed by atoms with E-state index in [0.717, 1.165) is 25.5 Å². The lowest BCUT2D eigenvalue weighted by atomic mass is 10.0. The van der Waals surface area contributed by atoms with Crippen LogP contribution in [0.1, 0.15) is 54.4 Å². The number of nitrogens with one attached hydrogen (secondary N) is 3. The van der Waals surface area contributed by atoms with Crippen LogP contribution in [0.5, 0.6) is 0 Å². The van der Waals surface area contributed by atoms with E-state index in [1.54, 1.807) is 0 Å². The van der Waals surface area contributed by atoms with Gasteiger partial charge in [0.1, 0.15) is 0 Å². The van der Waals surface area contributed by atoms with E-state index in [1.807, 2.05) is 27.7 Å². The monoisotopic (exact) mass is 456 g/mol. The summed E-state index contributed by atoms with van der Waals surface area (Å²) in [5.41, 5.74) is 0. The highest BCUT2D eigenvalue weighted by Crippen LogP contribution is 2.10. The second-order valence-electron chi connectivity index (χ2n) is 6.19. The SMILES string of the molecule is CCNC(=NCCC(OCC)C(C)C)NCCC(=O)NC(C)C.I. The van der Waals surface area contributed by atoms with Crippen LogP contribution in [0.15, 0.2) is 4.99 Å². The van der Waals surface area contributed by atoms with E-state index >= 15 is 0 Å². The number of guanidine groups is 1. The second-order valence-corrected chi connectivity index (χ2v) is 6.19. The number of rotatable bonds is 11. The highest BCUT2D eigenvalue weighted by atomic mass is 127. The molecule has 0 heterocycles. The van der Waals surface area contributed by atoms with Crippen LogP contribution in [0.2, 0.25) is 0 Å². The summed E-state index contributed by atoms with van der Waals surface area (Å²) in [6.07, 6.45) is 1.58. The molecular weight excluding hydrogens is 419 g/mol. The van der Waals surface area contributed by atoms with Crippen molar-refractivity contribution in [1.29, 1.82) is 0 Å². The molecule has 1 unspecified atom stereocenters. The van der Waals surface area contributed by atoms with Gasteiger partial charge in [-0.05, 0) is 40.0 Å². The average Bonchev–Trinajstić information content (AvgIpc) is 2.45. The van der Waals surface area contributed by atoms with E-state index in [1.165, 1.54) is 0 Å². The van der Waals surface area contributed by atoms with E-state index < -0.39 is 0 Å². The molecular formula is C17H37IN4O2. The molecule has 6 nitrogen and oxygen atoms in total. The largest absolute Gasteiger partial charge is 0.378 e. The van der Waals surface area contributed by atoms with Gasteiger partial charge in [0.15, 0.2) is 5.96 Å². The number of carbonyl (C=O) groups excluding carboxylic acids is 1. The molecule has 1 amide bonds. The molecule has 0 fully saturated rings. The molecule has 0 bridgehead atoms. The van der Waals surface area contributed by atoms with E-state index in [2.05, 4.69) is 34.8 Å². The standard InChI is InChI=1S/C17H36N4O2.HI/c1-7-18-17(20-12-10-16(22)21-14(5)6)19-11-9-15(13(3)4)23-8-2;/h13-15H,7-12H2,1-6H3,(H,21,22)(H2,18,19,20);1H. The van der Waals surface area contributed by atoms with Gasteiger partial charge < -0.3 is 20.7 Å². The summed E-state index contributed by atoms with van der Waals surface area (Å²) in [5.74, 6) is 1.30. The zero-order valence-corrected chi connectivity index (χ0v) is 18.5. The molecule has 0 aliphatic rings. The number of carbonyl (C=O) groups is 1. The Morgan fingerprint density at radius 1 is 1.12 bits per heavy atom. The van der Waals surface area contributed by atoms with Crippen LogP contribution in [0.4, 0.5) is 0 Å². The van der Waals surface area contributed by atoms with Crippen molar-refractivity contribution >= 4 is 35.8 Å². The molecule has 0 saturated carbocycles. The minimum absolute atomic E-state index is 0. The van der Waals surface area contributed by atoms with Gasteiger partial charge >= 0.3 is 0 Å². The Kier molecular flexibility index (Phi) is 17.0. The number of amides is 1. The Bertz CT molecular complexity index is 349. The fraction of sp³-hybridized carbons (Fsp3) is 0.882. The lowest BCUT2D eigenvalue weighted by molar-refractivity contribution is -0.121. The molecule has 0 aromatic heterocycles. The number of nitrogens with zero attached hydrogens (tertiary/aromatic N) is 1. The first-order valence-corrected chi connectivity index (χ1v) is 8.83. The molecule has 0 aromatic rings. The van der Waals surface area contributed by atoms with Gasteiger partial charge in [0.25, 0.3) is 0 Å². The highest BCUT2D eigenvalue weighted by Gasteiger charge is 2.12. The summed E-state index contributed by atoms with van der Waals surface area (Å²) in [4.78, 5) is 16.2. The van der Waals surface area contributed by atoms with E-state index in [9.17, 15) is 4.79 Å². The Morgan fingerprint density at radius 2 is 1.79 bits per heavy atom. The summed E-state index contributed by atoms with van der Waals surface area (Å²) < 4.78 is 5.73. The zero-order chi connectivity index (χ0) is 17.7. The fourth-order valence-corrected chi connectivity index (χ4v) is 2.16. The molecule has 3 N–H and O–H groups in total. The first-order valence-electron chi connectivity index (χ1n) is 8.83. The van der Waals surface area contributed by atoms with Crippen LogP contribution >= 0.6 is 24.0 Å². The lowest BCUT2D eigenvalue weighted by Crippen LogP contribution is -2.40. The number of ether oxygens (including phenoxy) is 1. The van der Waals surface area contributed by atoms with Crippen molar-refractivity contribution in [1.82, 2.24) is 16.0 Å². The molecule has 24 heavy (non-hydrogen) atoms. The van der Waals surface area contributed by atoms with Gasteiger partial charge in [-0.25, -0.2) is 0 Å². The molecule has 0 radical (unpaired) electrons. The van der Waals surface area contributed by atoms with Gasteiger partial charge in [-0.1, -0.05) is 13.8 Å². The molecule has 0 saturated heterocycles. The first kappa shape index (κ1) is 25.7. The summed E-state index contributed by atoms with van der Waals surface area (Å²) in [6, 6.07) is 0.177. The van der Waals surface area contributed by atoms with Crippen LogP contribution in [0.25, 0.3) is 0 Å². The topological polar surface area (TPSA) is 74.8 Å². The fourth-order valence-electron chi connectivity index (χ4n) is 2.16. The van der Waals surface area contributed by atoms with Gasteiger partial charge in [0, 0.05) is 38.7 Å². The van der Waals surface area contributed by atoms with Gasteiger partial charge in [-0.15, -0.1) is 24.0 Å². The van der Waals surface area contributed by atoms with Crippen molar-refractivity contribution < 1.29 is 9.53 Å². The Balaban J connectivity index is 0. The maximum Gasteiger partial charge on any atom is 0.221 e. The molecule has 144 valence electrons. The van der Waals surface area contributed by atoms with Crippen molar-refractivity contribution in [3.05, 3.63) is 0 Å². The van der Waals surface area contributed by atoms with Crippen LogP contribution in [-0.4, -0.2) is 50.3 Å². The molecule has 1 atom stereocenters. The summed E-state index contributed by atoms with van der Waals surface area (Å²) >= 11 is 0. The normalized spacial score (nSPS) is 12.8. The van der Waals surface area contributed by atoms with Gasteiger partial charge in [-0.2, -0.15) is 0 Å². The van der Waals surface area contributed by atoms with Crippen LogP contribution in [-0.2, 0) is 9.53 Å². The third kappa shape index (κ3) is 13.8. The Labute approximate surface area is 165 Å². The molecule has 7 heteroatoms. The zero-order valence-electron chi connectivity index (χ0n) is 16.1. The van der Waals surface area contributed by atoms with Gasteiger partial charge in [-0.3, -0.25) is 9.79 Å². The number of aliphatic imine (C=N–C) groups is 1. The number of hydrogen-bond donors (Lipinski definition) is 3. The highest BCUT2D eigenvalue weighted by molar-refractivity contribution is 14.0. The molecule has 0 spiro atoms. The van der Waals surface area contributed by atoms with Gasteiger partial charge in [0.05, 0.1) is 6.10 Å². The lowest BCUT2D eigenvalue weighted by Gasteiger charge is -2.20. The molecule has 0 aliphatic carbocycles. The Morgan fingerprint density at radius 3 is 2.29 bits per heavy atom. The number of hydrogen-bond acceptors (Lipinski definition) is 3.